The van der Waals surface area contributed by atoms with E-state index in [9.17, 15) is 0 Å². The van der Waals surface area contributed by atoms with Gasteiger partial charge >= 0.3 is 0 Å². The Morgan fingerprint density at radius 1 is 0.464 bits per heavy atom. The Kier molecular flexibility index (Phi) is 7.56. The quantitative estimate of drug-likeness (QED) is 0.171. The van der Waals surface area contributed by atoms with Crippen LogP contribution >= 0.6 is 0 Å². The molecule has 1 aliphatic heterocycles. The van der Waals surface area contributed by atoms with E-state index in [1.807, 2.05) is 12.1 Å². The van der Waals surface area contributed by atoms with Gasteiger partial charge in [-0.05, 0) is 82.8 Å². The van der Waals surface area contributed by atoms with Crippen molar-refractivity contribution < 1.29 is 4.42 Å². The fourth-order valence-corrected chi connectivity index (χ4v) is 8.36. The Hall–Kier alpha value is -7.37. The molecule has 0 bridgehead atoms. The molecule has 0 amide bonds. The van der Waals surface area contributed by atoms with Gasteiger partial charge in [0.2, 0.25) is 0 Å². The molecule has 9 aromatic rings. The molecule has 0 fully saturated rings. The number of fused-ring (bicyclic) bond motifs is 6. The Morgan fingerprint density at radius 3 is 1.70 bits per heavy atom. The van der Waals surface area contributed by atoms with Crippen LogP contribution in [0.4, 0.5) is 11.4 Å². The van der Waals surface area contributed by atoms with Crippen molar-refractivity contribution in [1.82, 2.24) is 15.0 Å². The first-order chi connectivity index (χ1) is 27.7. The zero-order valence-electron chi connectivity index (χ0n) is 30.4. The van der Waals surface area contributed by atoms with Crippen LogP contribution in [0, 0.1) is 0 Å². The maximum absolute atomic E-state index is 6.67. The number of hydrogen-bond donors (Lipinski definition) is 0. The predicted molar refractivity (Wildman–Crippen MR) is 227 cm³/mol. The first-order valence-corrected chi connectivity index (χ1v) is 19.0. The average molecular weight is 719 g/mol. The number of anilines is 2. The van der Waals surface area contributed by atoms with E-state index in [0.29, 0.717) is 23.4 Å². The zero-order chi connectivity index (χ0) is 37.0. The largest absolute Gasteiger partial charge is 0.456 e. The van der Waals surface area contributed by atoms with Crippen molar-refractivity contribution in [2.75, 3.05) is 4.90 Å². The van der Waals surface area contributed by atoms with Gasteiger partial charge in [-0.2, -0.15) is 0 Å². The summed E-state index contributed by atoms with van der Waals surface area (Å²) in [5, 5.41) is 2.14. The van der Waals surface area contributed by atoms with Crippen molar-refractivity contribution in [3.05, 3.63) is 199 Å². The van der Waals surface area contributed by atoms with E-state index in [1.165, 1.54) is 16.9 Å². The minimum Gasteiger partial charge on any atom is -0.456 e. The van der Waals surface area contributed by atoms with Crippen LogP contribution in [0.25, 0.3) is 78.4 Å². The lowest BCUT2D eigenvalue weighted by Crippen LogP contribution is -2.14. The number of furan rings is 1. The normalized spacial score (nSPS) is 14.5. The fourth-order valence-electron chi connectivity index (χ4n) is 8.36. The number of benzene rings is 7. The van der Waals surface area contributed by atoms with Crippen LogP contribution in [-0.2, 0) is 0 Å². The Morgan fingerprint density at radius 2 is 1.02 bits per heavy atom. The summed E-state index contributed by atoms with van der Waals surface area (Å²) in [6, 6.07) is 59.1. The summed E-state index contributed by atoms with van der Waals surface area (Å²) in [7, 11) is 0. The van der Waals surface area contributed by atoms with Crippen molar-refractivity contribution in [3.63, 3.8) is 0 Å². The maximum Gasteiger partial charge on any atom is 0.164 e. The molecule has 264 valence electrons. The lowest BCUT2D eigenvalue weighted by Gasteiger charge is -2.25. The van der Waals surface area contributed by atoms with Gasteiger partial charge in [0.1, 0.15) is 11.2 Å². The summed E-state index contributed by atoms with van der Waals surface area (Å²) in [6.45, 7) is 0. The number of para-hydroxylation sites is 1. The van der Waals surface area contributed by atoms with Crippen LogP contribution < -0.4 is 4.90 Å². The summed E-state index contributed by atoms with van der Waals surface area (Å²) < 4.78 is 6.67. The summed E-state index contributed by atoms with van der Waals surface area (Å²) in [4.78, 5) is 17.8. The molecule has 1 atom stereocenters. The SMILES string of the molecule is C1=CCC2C(=C1)N(c1cccc3oc4cc(-c5nc(-c6cccc(-c7ccccc7)c6)nc(-c6cccc(-c7ccccc7)c6)n5)ccc4c13)c1ccccc12. The molecule has 2 aromatic heterocycles. The molecule has 5 nitrogen and oxygen atoms in total. The molecule has 2 aliphatic rings. The van der Waals surface area contributed by atoms with E-state index in [2.05, 4.69) is 181 Å². The second-order valence-electron chi connectivity index (χ2n) is 14.4. The molecule has 1 aliphatic carbocycles. The van der Waals surface area contributed by atoms with Gasteiger partial charge in [-0.1, -0.05) is 140 Å². The van der Waals surface area contributed by atoms with Crippen LogP contribution in [0.5, 0.6) is 0 Å². The second kappa shape index (κ2) is 13.2. The summed E-state index contributed by atoms with van der Waals surface area (Å²) >= 11 is 0. The van der Waals surface area contributed by atoms with Crippen LogP contribution in [-0.4, -0.2) is 15.0 Å². The molecule has 0 spiro atoms. The van der Waals surface area contributed by atoms with Crippen molar-refractivity contribution in [1.29, 1.82) is 0 Å². The van der Waals surface area contributed by atoms with Crippen LogP contribution in [0.1, 0.15) is 17.9 Å². The maximum atomic E-state index is 6.67. The number of rotatable bonds is 6. The highest BCUT2D eigenvalue weighted by Gasteiger charge is 2.35. The summed E-state index contributed by atoms with van der Waals surface area (Å²) in [5.74, 6) is 2.14. The summed E-state index contributed by atoms with van der Waals surface area (Å²) in [6.07, 6.45) is 7.70. The Bertz CT molecular complexity index is 2920. The van der Waals surface area contributed by atoms with Gasteiger partial charge in [0.25, 0.3) is 0 Å². The van der Waals surface area contributed by atoms with Gasteiger partial charge < -0.3 is 9.32 Å². The molecule has 56 heavy (non-hydrogen) atoms. The predicted octanol–water partition coefficient (Wildman–Crippen LogP) is 13.2. The third-order valence-electron chi connectivity index (χ3n) is 11.0. The fraction of sp³-hybridized carbons (Fsp3) is 0.0392. The van der Waals surface area contributed by atoms with Crippen LogP contribution in [0.15, 0.2) is 198 Å². The van der Waals surface area contributed by atoms with Gasteiger partial charge in [-0.25, -0.2) is 15.0 Å². The third kappa shape index (κ3) is 5.44. The van der Waals surface area contributed by atoms with Crippen molar-refractivity contribution in [3.8, 4) is 56.4 Å². The topological polar surface area (TPSA) is 55.1 Å². The minimum absolute atomic E-state index is 0.338. The summed E-state index contributed by atoms with van der Waals surface area (Å²) in [5.41, 5.74) is 13.8. The minimum atomic E-state index is 0.338. The smallest absolute Gasteiger partial charge is 0.164 e. The third-order valence-corrected chi connectivity index (χ3v) is 11.0. The van der Waals surface area contributed by atoms with Crippen LogP contribution in [0.2, 0.25) is 0 Å². The number of allylic oxidation sites excluding steroid dienone is 4. The van der Waals surface area contributed by atoms with Gasteiger partial charge in [0.05, 0.1) is 11.1 Å². The molecule has 1 unspecified atom stereocenters. The molecule has 0 N–H and O–H groups in total. The molecule has 5 heteroatoms. The van der Waals surface area contributed by atoms with E-state index in [1.54, 1.807) is 0 Å². The Balaban J connectivity index is 1.06. The van der Waals surface area contributed by atoms with Gasteiger partial charge in [0.15, 0.2) is 17.5 Å². The molecule has 11 rings (SSSR count). The highest BCUT2D eigenvalue weighted by atomic mass is 16.3. The van der Waals surface area contributed by atoms with E-state index >= 15 is 0 Å². The first kappa shape index (κ1) is 32.1. The van der Waals surface area contributed by atoms with E-state index in [-0.39, 0.29) is 0 Å². The van der Waals surface area contributed by atoms with E-state index in [4.69, 9.17) is 19.4 Å². The lowest BCUT2D eigenvalue weighted by atomic mass is 9.92. The number of nitrogens with zero attached hydrogens (tertiary/aromatic N) is 4. The van der Waals surface area contributed by atoms with Crippen molar-refractivity contribution >= 4 is 33.3 Å². The lowest BCUT2D eigenvalue weighted by molar-refractivity contribution is 0.669. The molecule has 0 saturated heterocycles. The Labute approximate surface area is 324 Å². The molecule has 0 saturated carbocycles. The molecule has 7 aromatic carbocycles. The highest BCUT2D eigenvalue weighted by molar-refractivity contribution is 6.13. The first-order valence-electron chi connectivity index (χ1n) is 19.0. The van der Waals surface area contributed by atoms with E-state index in [0.717, 1.165) is 73.0 Å². The van der Waals surface area contributed by atoms with Crippen molar-refractivity contribution in [2.45, 2.75) is 12.3 Å². The van der Waals surface area contributed by atoms with Gasteiger partial charge in [0, 0.05) is 39.4 Å². The van der Waals surface area contributed by atoms with Gasteiger partial charge in [-0.15, -0.1) is 0 Å². The number of hydrogen-bond acceptors (Lipinski definition) is 5. The molecule has 3 heterocycles. The number of aromatic nitrogens is 3. The molecule has 0 radical (unpaired) electrons. The molecular weight excluding hydrogens is 685 g/mol. The second-order valence-corrected chi connectivity index (χ2v) is 14.4. The monoisotopic (exact) mass is 718 g/mol. The van der Waals surface area contributed by atoms with Crippen molar-refractivity contribution in [2.24, 2.45) is 0 Å². The standard InChI is InChI=1S/C51H34N4O/c1-3-14-33(15-4-1)35-18-11-20-37(30-35)49-52-50(38-21-12-19-36(31-38)34-16-5-2-6-17-34)54-51(53-49)39-28-29-42-47(32-39)56-46-27-13-26-45(48(42)46)55-43-24-9-7-22-40(43)41-23-8-10-25-44(41)55/h1-22,24-32,41H,23H2. The highest BCUT2D eigenvalue weighted by Crippen LogP contribution is 2.52. The molecular formula is C51H34N4O. The van der Waals surface area contributed by atoms with E-state index < -0.39 is 0 Å². The zero-order valence-corrected chi connectivity index (χ0v) is 30.4. The van der Waals surface area contributed by atoms with Gasteiger partial charge in [-0.3, -0.25) is 0 Å². The van der Waals surface area contributed by atoms with Crippen LogP contribution in [0.3, 0.4) is 0 Å². The average Bonchev–Trinajstić information content (AvgIpc) is 3.83.